The summed E-state index contributed by atoms with van der Waals surface area (Å²) in [6.07, 6.45) is 1.63. The monoisotopic (exact) mass is 405 g/mol. The maximum Gasteiger partial charge on any atom is 0.161 e. The van der Waals surface area contributed by atoms with Crippen LogP contribution in [-0.4, -0.2) is 36.8 Å². The fourth-order valence-electron chi connectivity index (χ4n) is 4.01. The van der Waals surface area contributed by atoms with Gasteiger partial charge in [0, 0.05) is 17.7 Å². The van der Waals surface area contributed by atoms with E-state index >= 15 is 0 Å². The van der Waals surface area contributed by atoms with Crippen molar-refractivity contribution in [1.82, 2.24) is 9.78 Å². The van der Waals surface area contributed by atoms with E-state index in [4.69, 9.17) is 24.3 Å². The lowest BCUT2D eigenvalue weighted by Gasteiger charge is -2.24. The number of aryl methyl sites for hydroxylation is 1. The summed E-state index contributed by atoms with van der Waals surface area (Å²) in [7, 11) is 4.98. The summed E-state index contributed by atoms with van der Waals surface area (Å²) in [6.45, 7) is 4.21. The van der Waals surface area contributed by atoms with Crippen molar-refractivity contribution >= 4 is 11.5 Å². The quantitative estimate of drug-likeness (QED) is 0.564. The predicted octanol–water partition coefficient (Wildman–Crippen LogP) is 5.22. The van der Waals surface area contributed by atoms with E-state index in [1.807, 2.05) is 24.3 Å². The molecule has 0 saturated carbocycles. The second kappa shape index (κ2) is 8.22. The Morgan fingerprint density at radius 1 is 0.967 bits per heavy atom. The Balaban J connectivity index is 1.85. The summed E-state index contributed by atoms with van der Waals surface area (Å²) < 4.78 is 18.3. The number of hydrogen-bond acceptors (Lipinski definition) is 5. The van der Waals surface area contributed by atoms with Crippen molar-refractivity contribution in [3.63, 3.8) is 0 Å². The van der Waals surface area contributed by atoms with Crippen LogP contribution in [0.2, 0.25) is 0 Å². The molecule has 30 heavy (non-hydrogen) atoms. The average molecular weight is 405 g/mol. The largest absolute Gasteiger partial charge is 0.497 e. The lowest BCUT2D eigenvalue weighted by molar-refractivity contribution is 0.353. The molecule has 1 aromatic heterocycles. The molecule has 0 fully saturated rings. The van der Waals surface area contributed by atoms with Gasteiger partial charge in [0.1, 0.15) is 5.75 Å². The summed E-state index contributed by atoms with van der Waals surface area (Å²) >= 11 is 0. The van der Waals surface area contributed by atoms with Gasteiger partial charge in [0.2, 0.25) is 0 Å². The number of fused-ring (bicyclic) bond motifs is 1. The van der Waals surface area contributed by atoms with E-state index in [-0.39, 0.29) is 6.04 Å². The Morgan fingerprint density at radius 2 is 1.70 bits per heavy atom. The SMILES string of the molecule is CCc1nn2c(c1-c1ccc(OC)cc1)N=C(C)C[C@@H]2c1ccc(OC)c(OC)c1. The highest BCUT2D eigenvalue weighted by Gasteiger charge is 2.29. The molecule has 6 heteroatoms. The lowest BCUT2D eigenvalue weighted by Crippen LogP contribution is -2.19. The third-order valence-corrected chi connectivity index (χ3v) is 5.54. The van der Waals surface area contributed by atoms with Gasteiger partial charge in [-0.1, -0.05) is 25.1 Å². The number of hydrogen-bond donors (Lipinski definition) is 0. The number of nitrogens with zero attached hydrogens (tertiary/aromatic N) is 3. The van der Waals surface area contributed by atoms with Crippen LogP contribution in [0.5, 0.6) is 17.2 Å². The zero-order chi connectivity index (χ0) is 21.3. The van der Waals surface area contributed by atoms with Gasteiger partial charge in [-0.2, -0.15) is 5.10 Å². The van der Waals surface area contributed by atoms with Crippen LogP contribution in [-0.2, 0) is 6.42 Å². The number of methoxy groups -OCH3 is 3. The maximum absolute atomic E-state index is 5.53. The van der Waals surface area contributed by atoms with Crippen LogP contribution in [0.4, 0.5) is 5.82 Å². The van der Waals surface area contributed by atoms with Crippen LogP contribution < -0.4 is 14.2 Å². The van der Waals surface area contributed by atoms with E-state index in [0.29, 0.717) is 0 Å². The fourth-order valence-corrected chi connectivity index (χ4v) is 4.01. The molecule has 0 amide bonds. The molecular formula is C24H27N3O3. The van der Waals surface area contributed by atoms with Crippen molar-refractivity contribution in [2.24, 2.45) is 4.99 Å². The van der Waals surface area contributed by atoms with Crippen molar-refractivity contribution in [2.45, 2.75) is 32.7 Å². The van der Waals surface area contributed by atoms with Gasteiger partial charge in [0.25, 0.3) is 0 Å². The molecule has 0 saturated heterocycles. The summed E-state index contributed by atoms with van der Waals surface area (Å²) in [6, 6.07) is 14.2. The number of ether oxygens (including phenoxy) is 3. The third kappa shape index (κ3) is 3.43. The summed E-state index contributed by atoms with van der Waals surface area (Å²) in [5, 5.41) is 4.98. The Hall–Kier alpha value is -3.28. The van der Waals surface area contributed by atoms with Crippen molar-refractivity contribution in [3.8, 4) is 28.4 Å². The van der Waals surface area contributed by atoms with E-state index < -0.39 is 0 Å². The van der Waals surface area contributed by atoms with Crippen LogP contribution in [0.15, 0.2) is 47.5 Å². The molecule has 1 atom stereocenters. The van der Waals surface area contributed by atoms with Gasteiger partial charge < -0.3 is 14.2 Å². The maximum atomic E-state index is 5.53. The smallest absolute Gasteiger partial charge is 0.161 e. The topological polar surface area (TPSA) is 57.9 Å². The molecule has 3 aromatic rings. The van der Waals surface area contributed by atoms with Crippen LogP contribution in [0, 0.1) is 0 Å². The van der Waals surface area contributed by atoms with Crippen LogP contribution >= 0.6 is 0 Å². The highest BCUT2D eigenvalue weighted by Crippen LogP contribution is 2.42. The predicted molar refractivity (Wildman–Crippen MR) is 119 cm³/mol. The van der Waals surface area contributed by atoms with E-state index in [9.17, 15) is 0 Å². The van der Waals surface area contributed by atoms with Gasteiger partial charge in [-0.3, -0.25) is 0 Å². The number of aromatic nitrogens is 2. The molecule has 0 bridgehead atoms. The molecule has 0 N–H and O–H groups in total. The molecular weight excluding hydrogens is 378 g/mol. The molecule has 0 unspecified atom stereocenters. The number of benzene rings is 2. The Labute approximate surface area is 177 Å². The number of aliphatic imine (C=N–C) groups is 1. The zero-order valence-electron chi connectivity index (χ0n) is 18.1. The standard InChI is InChI=1S/C24H27N3O3/c1-6-19-23(16-7-10-18(28-3)11-8-16)24-25-15(2)13-20(27(24)26-19)17-9-12-21(29-4)22(14-17)30-5/h7-12,14,20H,6,13H2,1-5H3/t20-/m1/s1. The first-order chi connectivity index (χ1) is 14.6. The zero-order valence-corrected chi connectivity index (χ0v) is 18.1. The minimum Gasteiger partial charge on any atom is -0.497 e. The van der Waals surface area contributed by atoms with E-state index in [0.717, 1.165) is 64.0 Å². The Morgan fingerprint density at radius 3 is 2.33 bits per heavy atom. The van der Waals surface area contributed by atoms with Crippen molar-refractivity contribution in [3.05, 3.63) is 53.7 Å². The van der Waals surface area contributed by atoms with Gasteiger partial charge in [-0.25, -0.2) is 9.67 Å². The Bertz CT molecular complexity index is 1080. The molecule has 6 nitrogen and oxygen atoms in total. The molecule has 0 spiro atoms. The van der Waals surface area contributed by atoms with E-state index in [1.54, 1.807) is 21.3 Å². The molecule has 156 valence electrons. The summed E-state index contributed by atoms with van der Waals surface area (Å²) in [5.41, 5.74) is 5.43. The van der Waals surface area contributed by atoms with Gasteiger partial charge >= 0.3 is 0 Å². The van der Waals surface area contributed by atoms with E-state index in [1.165, 1.54) is 0 Å². The molecule has 2 aromatic carbocycles. The lowest BCUT2D eigenvalue weighted by atomic mass is 9.98. The summed E-state index contributed by atoms with van der Waals surface area (Å²) in [4.78, 5) is 4.92. The van der Waals surface area contributed by atoms with Crippen molar-refractivity contribution in [2.75, 3.05) is 21.3 Å². The molecule has 1 aliphatic heterocycles. The second-order valence-corrected chi connectivity index (χ2v) is 7.35. The van der Waals surface area contributed by atoms with Gasteiger partial charge in [0.05, 0.1) is 33.1 Å². The van der Waals surface area contributed by atoms with Gasteiger partial charge in [-0.05, 0) is 48.7 Å². The fraction of sp³-hybridized carbons (Fsp3) is 0.333. The van der Waals surface area contributed by atoms with E-state index in [2.05, 4.69) is 36.7 Å². The molecule has 0 aliphatic carbocycles. The third-order valence-electron chi connectivity index (χ3n) is 5.54. The van der Waals surface area contributed by atoms with Crippen LogP contribution in [0.1, 0.15) is 37.6 Å². The van der Waals surface area contributed by atoms with Crippen LogP contribution in [0.25, 0.3) is 11.1 Å². The van der Waals surface area contributed by atoms with Gasteiger partial charge in [0.15, 0.2) is 17.3 Å². The first-order valence-electron chi connectivity index (χ1n) is 10.1. The number of rotatable bonds is 6. The highest BCUT2D eigenvalue weighted by molar-refractivity contribution is 5.90. The molecule has 2 heterocycles. The molecule has 0 radical (unpaired) electrons. The first-order valence-corrected chi connectivity index (χ1v) is 10.1. The normalized spacial score (nSPS) is 15.4. The minimum atomic E-state index is 0.0506. The first kappa shape index (κ1) is 20.0. The minimum absolute atomic E-state index is 0.0506. The second-order valence-electron chi connectivity index (χ2n) is 7.35. The summed E-state index contributed by atoms with van der Waals surface area (Å²) in [5.74, 6) is 3.17. The average Bonchev–Trinajstić information content (AvgIpc) is 3.16. The highest BCUT2D eigenvalue weighted by atomic mass is 16.5. The Kier molecular flexibility index (Phi) is 5.48. The van der Waals surface area contributed by atoms with Gasteiger partial charge in [-0.15, -0.1) is 0 Å². The molecule has 1 aliphatic rings. The van der Waals surface area contributed by atoms with Crippen LogP contribution in [0.3, 0.4) is 0 Å². The molecule has 4 rings (SSSR count). The van der Waals surface area contributed by atoms with Crippen molar-refractivity contribution < 1.29 is 14.2 Å². The van der Waals surface area contributed by atoms with Crippen molar-refractivity contribution in [1.29, 1.82) is 0 Å².